The molecule has 18 heavy (non-hydrogen) atoms. The van der Waals surface area contributed by atoms with Crippen molar-refractivity contribution in [2.24, 2.45) is 7.05 Å². The highest BCUT2D eigenvalue weighted by atomic mass is 16.3. The van der Waals surface area contributed by atoms with Gasteiger partial charge in [0, 0.05) is 31.4 Å². The standard InChI is InChI=1S/C14H19N3O/c1-17-10-13(9-16-17)8-15-14(11-18)7-12-5-3-2-4-6-12/h2-6,9-10,14-15,18H,7-8,11H2,1H3/t14-/m0/s1. The topological polar surface area (TPSA) is 50.1 Å². The quantitative estimate of drug-likeness (QED) is 0.801. The summed E-state index contributed by atoms with van der Waals surface area (Å²) >= 11 is 0. The molecule has 1 heterocycles. The predicted molar refractivity (Wildman–Crippen MR) is 71.1 cm³/mol. The van der Waals surface area contributed by atoms with Crippen LogP contribution in [0.4, 0.5) is 0 Å². The van der Waals surface area contributed by atoms with Crippen molar-refractivity contribution in [3.05, 3.63) is 53.9 Å². The molecule has 0 unspecified atom stereocenters. The Hall–Kier alpha value is -1.65. The van der Waals surface area contributed by atoms with Gasteiger partial charge >= 0.3 is 0 Å². The smallest absolute Gasteiger partial charge is 0.0587 e. The lowest BCUT2D eigenvalue weighted by atomic mass is 10.1. The molecule has 96 valence electrons. The van der Waals surface area contributed by atoms with E-state index in [1.165, 1.54) is 5.56 Å². The van der Waals surface area contributed by atoms with Gasteiger partial charge in [0.15, 0.2) is 0 Å². The lowest BCUT2D eigenvalue weighted by molar-refractivity contribution is 0.241. The maximum absolute atomic E-state index is 9.39. The fraction of sp³-hybridized carbons (Fsp3) is 0.357. The average molecular weight is 245 g/mol. The molecule has 0 saturated heterocycles. The van der Waals surface area contributed by atoms with Gasteiger partial charge in [-0.25, -0.2) is 0 Å². The predicted octanol–water partition coefficient (Wildman–Crippen LogP) is 1.11. The van der Waals surface area contributed by atoms with E-state index < -0.39 is 0 Å². The van der Waals surface area contributed by atoms with Crippen LogP contribution in [-0.2, 0) is 20.0 Å². The van der Waals surface area contributed by atoms with Crippen LogP contribution in [0.1, 0.15) is 11.1 Å². The van der Waals surface area contributed by atoms with Gasteiger partial charge in [-0.2, -0.15) is 5.10 Å². The van der Waals surface area contributed by atoms with Crippen LogP contribution in [0, 0.1) is 0 Å². The Morgan fingerprint density at radius 1 is 1.28 bits per heavy atom. The highest BCUT2D eigenvalue weighted by Crippen LogP contribution is 2.04. The second-order valence-corrected chi connectivity index (χ2v) is 4.47. The summed E-state index contributed by atoms with van der Waals surface area (Å²) in [4.78, 5) is 0. The zero-order valence-corrected chi connectivity index (χ0v) is 10.6. The molecule has 0 radical (unpaired) electrons. The molecule has 2 aromatic rings. The molecular formula is C14H19N3O. The summed E-state index contributed by atoms with van der Waals surface area (Å²) in [6.07, 6.45) is 4.64. The number of nitrogens with zero attached hydrogens (tertiary/aromatic N) is 2. The maximum atomic E-state index is 9.39. The van der Waals surface area contributed by atoms with Crippen molar-refractivity contribution in [3.63, 3.8) is 0 Å². The zero-order chi connectivity index (χ0) is 12.8. The molecule has 0 aliphatic carbocycles. The van der Waals surface area contributed by atoms with Gasteiger partial charge in [-0.1, -0.05) is 30.3 Å². The Balaban J connectivity index is 1.86. The SMILES string of the molecule is Cn1cc(CN[C@H](CO)Cc2ccccc2)cn1. The lowest BCUT2D eigenvalue weighted by Crippen LogP contribution is -2.33. The minimum atomic E-state index is 0.0765. The molecule has 0 spiro atoms. The van der Waals surface area contributed by atoms with E-state index in [1.807, 2.05) is 37.6 Å². The normalized spacial score (nSPS) is 12.6. The van der Waals surface area contributed by atoms with E-state index in [0.29, 0.717) is 0 Å². The third-order valence-corrected chi connectivity index (χ3v) is 2.90. The van der Waals surface area contributed by atoms with Crippen LogP contribution < -0.4 is 5.32 Å². The van der Waals surface area contributed by atoms with Crippen LogP contribution >= 0.6 is 0 Å². The Labute approximate surface area is 107 Å². The maximum Gasteiger partial charge on any atom is 0.0587 e. The van der Waals surface area contributed by atoms with E-state index in [1.54, 1.807) is 4.68 Å². The number of aryl methyl sites for hydroxylation is 1. The van der Waals surface area contributed by atoms with Crippen LogP contribution in [0.5, 0.6) is 0 Å². The van der Waals surface area contributed by atoms with Crippen molar-refractivity contribution in [2.45, 2.75) is 19.0 Å². The van der Waals surface area contributed by atoms with Gasteiger partial charge < -0.3 is 10.4 Å². The van der Waals surface area contributed by atoms with Gasteiger partial charge in [-0.3, -0.25) is 4.68 Å². The van der Waals surface area contributed by atoms with Crippen LogP contribution in [0.15, 0.2) is 42.7 Å². The summed E-state index contributed by atoms with van der Waals surface area (Å²) in [6.45, 7) is 0.862. The van der Waals surface area contributed by atoms with E-state index in [9.17, 15) is 5.11 Å². The molecule has 2 N–H and O–H groups in total. The molecular weight excluding hydrogens is 226 g/mol. The summed E-state index contributed by atoms with van der Waals surface area (Å²) in [5, 5.41) is 16.8. The first-order valence-corrected chi connectivity index (χ1v) is 6.13. The van der Waals surface area contributed by atoms with Crippen molar-refractivity contribution >= 4 is 0 Å². The van der Waals surface area contributed by atoms with Crippen LogP contribution in [0.3, 0.4) is 0 Å². The first-order valence-electron chi connectivity index (χ1n) is 6.13. The molecule has 0 bridgehead atoms. The highest BCUT2D eigenvalue weighted by molar-refractivity contribution is 5.16. The fourth-order valence-corrected chi connectivity index (χ4v) is 1.93. The highest BCUT2D eigenvalue weighted by Gasteiger charge is 2.08. The van der Waals surface area contributed by atoms with E-state index in [2.05, 4.69) is 22.5 Å². The molecule has 1 aromatic carbocycles. The van der Waals surface area contributed by atoms with Crippen molar-refractivity contribution in [1.29, 1.82) is 0 Å². The van der Waals surface area contributed by atoms with Gasteiger partial charge in [0.1, 0.15) is 0 Å². The Bertz CT molecular complexity index is 467. The van der Waals surface area contributed by atoms with Gasteiger partial charge in [-0.15, -0.1) is 0 Å². The zero-order valence-electron chi connectivity index (χ0n) is 10.6. The summed E-state index contributed by atoms with van der Waals surface area (Å²) in [5.74, 6) is 0. The molecule has 4 heteroatoms. The van der Waals surface area contributed by atoms with Crippen molar-refractivity contribution in [1.82, 2.24) is 15.1 Å². The summed E-state index contributed by atoms with van der Waals surface area (Å²) in [6, 6.07) is 10.3. The van der Waals surface area contributed by atoms with Crippen LogP contribution in [0.2, 0.25) is 0 Å². The minimum absolute atomic E-state index is 0.0765. The number of aliphatic hydroxyl groups is 1. The van der Waals surface area contributed by atoms with E-state index in [-0.39, 0.29) is 12.6 Å². The van der Waals surface area contributed by atoms with Crippen molar-refractivity contribution in [3.8, 4) is 0 Å². The number of aromatic nitrogens is 2. The number of benzene rings is 1. The second-order valence-electron chi connectivity index (χ2n) is 4.47. The summed E-state index contributed by atoms with van der Waals surface area (Å²) in [7, 11) is 1.90. The van der Waals surface area contributed by atoms with Gasteiger partial charge in [0.05, 0.1) is 12.8 Å². The Morgan fingerprint density at radius 2 is 2.06 bits per heavy atom. The number of rotatable bonds is 6. The molecule has 0 aliphatic heterocycles. The first-order chi connectivity index (χ1) is 8.78. The number of hydrogen-bond acceptors (Lipinski definition) is 3. The Kier molecular flexibility index (Phi) is 4.50. The molecule has 4 nitrogen and oxygen atoms in total. The minimum Gasteiger partial charge on any atom is -0.395 e. The molecule has 0 fully saturated rings. The molecule has 0 aliphatic rings. The number of hydrogen-bond donors (Lipinski definition) is 2. The summed E-state index contributed by atoms with van der Waals surface area (Å²) in [5.41, 5.74) is 2.36. The second kappa shape index (κ2) is 6.33. The average Bonchev–Trinajstić information content (AvgIpc) is 2.81. The van der Waals surface area contributed by atoms with Crippen LogP contribution in [-0.4, -0.2) is 27.5 Å². The Morgan fingerprint density at radius 3 is 2.67 bits per heavy atom. The number of nitrogens with one attached hydrogen (secondary N) is 1. The van der Waals surface area contributed by atoms with Crippen molar-refractivity contribution in [2.75, 3.05) is 6.61 Å². The molecule has 2 rings (SSSR count). The van der Waals surface area contributed by atoms with Gasteiger partial charge in [0.2, 0.25) is 0 Å². The fourth-order valence-electron chi connectivity index (χ4n) is 1.93. The third-order valence-electron chi connectivity index (χ3n) is 2.90. The molecule has 0 amide bonds. The monoisotopic (exact) mass is 245 g/mol. The van der Waals surface area contributed by atoms with Gasteiger partial charge in [0.25, 0.3) is 0 Å². The third kappa shape index (κ3) is 3.68. The van der Waals surface area contributed by atoms with Crippen molar-refractivity contribution < 1.29 is 5.11 Å². The van der Waals surface area contributed by atoms with E-state index >= 15 is 0 Å². The number of aliphatic hydroxyl groups excluding tert-OH is 1. The molecule has 1 atom stereocenters. The largest absolute Gasteiger partial charge is 0.395 e. The molecule has 0 saturated carbocycles. The molecule has 1 aromatic heterocycles. The summed E-state index contributed by atoms with van der Waals surface area (Å²) < 4.78 is 1.78. The van der Waals surface area contributed by atoms with Gasteiger partial charge in [-0.05, 0) is 12.0 Å². The van der Waals surface area contributed by atoms with Crippen LogP contribution in [0.25, 0.3) is 0 Å². The van der Waals surface area contributed by atoms with E-state index in [4.69, 9.17) is 0 Å². The lowest BCUT2D eigenvalue weighted by Gasteiger charge is -2.15. The van der Waals surface area contributed by atoms with E-state index in [0.717, 1.165) is 18.5 Å². The first kappa shape index (κ1) is 12.8.